The van der Waals surface area contributed by atoms with Gasteiger partial charge in [0.25, 0.3) is 0 Å². The van der Waals surface area contributed by atoms with Gasteiger partial charge in [0, 0.05) is 4.47 Å². The molecule has 1 fully saturated rings. The largest absolute Gasteiger partial charge is 0.349 e. The van der Waals surface area contributed by atoms with Crippen LogP contribution in [0.5, 0.6) is 0 Å². The highest BCUT2D eigenvalue weighted by atomic mass is 79.9. The molecular weight excluding hydrogens is 382 g/mol. The van der Waals surface area contributed by atoms with Gasteiger partial charge in [0.2, 0.25) is 5.91 Å². The first-order chi connectivity index (χ1) is 12.1. The summed E-state index contributed by atoms with van der Waals surface area (Å²) in [4.78, 5) is 26.1. The van der Waals surface area contributed by atoms with E-state index >= 15 is 0 Å². The zero-order valence-corrected chi connectivity index (χ0v) is 15.6. The van der Waals surface area contributed by atoms with E-state index in [-0.39, 0.29) is 17.9 Å². The van der Waals surface area contributed by atoms with Crippen molar-refractivity contribution in [2.75, 3.05) is 6.61 Å². The average molecular weight is 402 g/mol. The van der Waals surface area contributed by atoms with E-state index in [2.05, 4.69) is 15.9 Å². The smallest absolute Gasteiger partial charge is 0.232 e. The van der Waals surface area contributed by atoms with Gasteiger partial charge in [0.15, 0.2) is 12.5 Å². The summed E-state index contributed by atoms with van der Waals surface area (Å²) in [5, 5.41) is 0. The van der Waals surface area contributed by atoms with Gasteiger partial charge in [-0.25, -0.2) is 0 Å². The van der Waals surface area contributed by atoms with E-state index in [4.69, 9.17) is 4.74 Å². The molecule has 2 aromatic rings. The SMILES string of the molecule is C[C@@H](C(=O)N1C(C=O)OC[C@H]1Cc1ccccc1)c1ccc(Br)cc1. The maximum Gasteiger partial charge on any atom is 0.232 e. The maximum atomic E-state index is 13.1. The monoisotopic (exact) mass is 401 g/mol. The molecule has 0 N–H and O–H groups in total. The fourth-order valence-corrected chi connectivity index (χ4v) is 3.41. The molecule has 3 rings (SSSR count). The highest BCUT2D eigenvalue weighted by Crippen LogP contribution is 2.27. The molecule has 1 amide bonds. The Labute approximate surface area is 155 Å². The summed E-state index contributed by atoms with van der Waals surface area (Å²) in [5.41, 5.74) is 2.04. The molecule has 4 nitrogen and oxygen atoms in total. The highest BCUT2D eigenvalue weighted by molar-refractivity contribution is 9.10. The quantitative estimate of drug-likeness (QED) is 0.719. The van der Waals surface area contributed by atoms with Crippen LogP contribution in [-0.2, 0) is 20.7 Å². The minimum atomic E-state index is -0.806. The summed E-state index contributed by atoms with van der Waals surface area (Å²) in [6.45, 7) is 2.24. The minimum absolute atomic E-state index is 0.0853. The maximum absolute atomic E-state index is 13.1. The van der Waals surface area contributed by atoms with Gasteiger partial charge >= 0.3 is 0 Å². The molecule has 25 heavy (non-hydrogen) atoms. The average Bonchev–Trinajstić information content (AvgIpc) is 3.04. The number of hydrogen-bond donors (Lipinski definition) is 0. The fourth-order valence-electron chi connectivity index (χ4n) is 3.15. The number of ether oxygens (including phenoxy) is 1. The Kier molecular flexibility index (Phi) is 5.66. The highest BCUT2D eigenvalue weighted by Gasteiger charge is 2.39. The lowest BCUT2D eigenvalue weighted by atomic mass is 9.98. The lowest BCUT2D eigenvalue weighted by Crippen LogP contribution is -2.45. The molecule has 1 heterocycles. The first kappa shape index (κ1) is 17.8. The van der Waals surface area contributed by atoms with Crippen molar-refractivity contribution in [3.63, 3.8) is 0 Å². The standard InChI is InChI=1S/C20H20BrNO3/c1-14(16-7-9-17(21)10-8-16)20(24)22-18(13-25-19(22)12-23)11-15-5-3-2-4-6-15/h2-10,12,14,18-19H,11,13H2,1H3/t14-,18-,19?/m1/s1. The van der Waals surface area contributed by atoms with E-state index in [9.17, 15) is 9.59 Å². The van der Waals surface area contributed by atoms with Crippen LogP contribution < -0.4 is 0 Å². The number of hydrogen-bond acceptors (Lipinski definition) is 3. The van der Waals surface area contributed by atoms with E-state index in [1.807, 2.05) is 61.5 Å². The predicted molar refractivity (Wildman–Crippen MR) is 99.1 cm³/mol. The molecule has 0 spiro atoms. The zero-order valence-electron chi connectivity index (χ0n) is 14.0. The van der Waals surface area contributed by atoms with Crippen LogP contribution in [0.15, 0.2) is 59.1 Å². The van der Waals surface area contributed by atoms with E-state index in [1.165, 1.54) is 0 Å². The van der Waals surface area contributed by atoms with Crippen LogP contribution in [0.25, 0.3) is 0 Å². The summed E-state index contributed by atoms with van der Waals surface area (Å²) in [7, 11) is 0. The van der Waals surface area contributed by atoms with Crippen molar-refractivity contribution in [2.24, 2.45) is 0 Å². The van der Waals surface area contributed by atoms with Gasteiger partial charge in [-0.3, -0.25) is 9.59 Å². The molecule has 0 radical (unpaired) electrons. The second kappa shape index (κ2) is 7.93. The number of aldehydes is 1. The van der Waals surface area contributed by atoms with E-state index < -0.39 is 6.23 Å². The van der Waals surface area contributed by atoms with Crippen molar-refractivity contribution >= 4 is 28.1 Å². The number of rotatable bonds is 5. The van der Waals surface area contributed by atoms with Gasteiger partial charge in [-0.1, -0.05) is 58.4 Å². The number of carbonyl (C=O) groups excluding carboxylic acids is 2. The Bertz CT molecular complexity index is 732. The number of carbonyl (C=O) groups is 2. The second-order valence-corrected chi connectivity index (χ2v) is 7.14. The number of halogens is 1. The molecule has 0 aromatic heterocycles. The Morgan fingerprint density at radius 3 is 2.56 bits per heavy atom. The van der Waals surface area contributed by atoms with Crippen LogP contribution in [0.1, 0.15) is 24.0 Å². The number of benzene rings is 2. The Morgan fingerprint density at radius 1 is 1.24 bits per heavy atom. The number of nitrogens with zero attached hydrogens (tertiary/aromatic N) is 1. The lowest BCUT2D eigenvalue weighted by Gasteiger charge is -2.28. The second-order valence-electron chi connectivity index (χ2n) is 6.22. The Morgan fingerprint density at radius 2 is 1.92 bits per heavy atom. The van der Waals surface area contributed by atoms with Gasteiger partial charge in [0.05, 0.1) is 18.6 Å². The molecule has 130 valence electrons. The van der Waals surface area contributed by atoms with Crippen LogP contribution in [0.3, 0.4) is 0 Å². The molecule has 1 aliphatic rings. The molecule has 3 atom stereocenters. The normalized spacial score (nSPS) is 21.1. The van der Waals surface area contributed by atoms with Crippen molar-refractivity contribution in [1.82, 2.24) is 4.90 Å². The minimum Gasteiger partial charge on any atom is -0.349 e. The third-order valence-electron chi connectivity index (χ3n) is 4.55. The predicted octanol–water partition coefficient (Wildman–Crippen LogP) is 3.55. The van der Waals surface area contributed by atoms with Crippen molar-refractivity contribution in [3.05, 3.63) is 70.2 Å². The first-order valence-corrected chi connectivity index (χ1v) is 9.08. The van der Waals surface area contributed by atoms with Crippen LogP contribution in [0.2, 0.25) is 0 Å². The van der Waals surface area contributed by atoms with Crippen molar-refractivity contribution in [3.8, 4) is 0 Å². The molecule has 0 aliphatic carbocycles. The van der Waals surface area contributed by atoms with Gasteiger partial charge in [-0.05, 0) is 36.6 Å². The third-order valence-corrected chi connectivity index (χ3v) is 5.08. The van der Waals surface area contributed by atoms with Crippen molar-refractivity contribution in [2.45, 2.75) is 31.5 Å². The molecular formula is C20H20BrNO3. The van der Waals surface area contributed by atoms with E-state index in [0.29, 0.717) is 19.3 Å². The summed E-state index contributed by atoms with van der Waals surface area (Å²) in [6, 6.07) is 17.5. The van der Waals surface area contributed by atoms with Gasteiger partial charge in [0.1, 0.15) is 0 Å². The summed E-state index contributed by atoms with van der Waals surface area (Å²) >= 11 is 3.40. The summed E-state index contributed by atoms with van der Waals surface area (Å²) < 4.78 is 6.52. The lowest BCUT2D eigenvalue weighted by molar-refractivity contribution is -0.143. The Balaban J connectivity index is 1.80. The number of amides is 1. The van der Waals surface area contributed by atoms with Gasteiger partial charge in [-0.15, -0.1) is 0 Å². The zero-order chi connectivity index (χ0) is 17.8. The van der Waals surface area contributed by atoms with Crippen LogP contribution in [-0.4, -0.2) is 36.0 Å². The molecule has 5 heteroatoms. The summed E-state index contributed by atoms with van der Waals surface area (Å²) in [5.74, 6) is -0.423. The molecule has 1 saturated heterocycles. The van der Waals surface area contributed by atoms with E-state index in [1.54, 1.807) is 4.90 Å². The van der Waals surface area contributed by atoms with Crippen molar-refractivity contribution in [1.29, 1.82) is 0 Å². The summed E-state index contributed by atoms with van der Waals surface area (Å²) in [6.07, 6.45) is 0.570. The van der Waals surface area contributed by atoms with Crippen LogP contribution >= 0.6 is 15.9 Å². The Hall–Kier alpha value is -1.98. The molecule has 0 saturated carbocycles. The molecule has 0 bridgehead atoms. The molecule has 1 unspecified atom stereocenters. The van der Waals surface area contributed by atoms with Gasteiger partial charge in [-0.2, -0.15) is 0 Å². The first-order valence-electron chi connectivity index (χ1n) is 8.28. The van der Waals surface area contributed by atoms with Gasteiger partial charge < -0.3 is 9.64 Å². The van der Waals surface area contributed by atoms with E-state index in [0.717, 1.165) is 15.6 Å². The molecule has 1 aliphatic heterocycles. The molecule has 2 aromatic carbocycles. The topological polar surface area (TPSA) is 46.6 Å². The third kappa shape index (κ3) is 3.99. The van der Waals surface area contributed by atoms with Crippen LogP contribution in [0, 0.1) is 0 Å². The van der Waals surface area contributed by atoms with Crippen molar-refractivity contribution < 1.29 is 14.3 Å². The fraction of sp³-hybridized carbons (Fsp3) is 0.300. The van der Waals surface area contributed by atoms with Crippen LogP contribution in [0.4, 0.5) is 0 Å².